The van der Waals surface area contributed by atoms with Gasteiger partial charge in [-0.1, -0.05) is 84.9 Å². The third-order valence-corrected chi connectivity index (χ3v) is 7.44. The van der Waals surface area contributed by atoms with Gasteiger partial charge >= 0.3 is 0 Å². The molecule has 0 amide bonds. The van der Waals surface area contributed by atoms with Gasteiger partial charge in [0.1, 0.15) is 24.7 Å². The molecule has 7 rings (SSSR count). The molecule has 0 spiro atoms. The summed E-state index contributed by atoms with van der Waals surface area (Å²) in [7, 11) is 0. The summed E-state index contributed by atoms with van der Waals surface area (Å²) in [6, 6.07) is 40.3. The van der Waals surface area contributed by atoms with Crippen molar-refractivity contribution in [2.45, 2.75) is 13.2 Å². The van der Waals surface area contributed by atoms with Gasteiger partial charge < -0.3 is 9.47 Å². The van der Waals surface area contributed by atoms with Gasteiger partial charge in [0.05, 0.1) is 34.2 Å². The standard InChI is InChI=1S/C38H28N6O4/c45-37-31-15-7-9-17-33(31)41-35(25-47-29-11-3-1-4-12-29)43(37)39-23-27-19-21-28(22-20-27)24-40-44-36(26-48-30-13-5-2-6-14-30)42-34-18-10-8-16-32(34)38(44)46/h1-24H,25-26H2/b39-23-,40-24-. The van der Waals surface area contributed by atoms with E-state index in [9.17, 15) is 9.59 Å². The average molecular weight is 633 g/mol. The number of aromatic nitrogens is 4. The van der Waals surface area contributed by atoms with E-state index in [1.165, 1.54) is 9.35 Å². The van der Waals surface area contributed by atoms with Crippen LogP contribution in [0.5, 0.6) is 11.5 Å². The maximum Gasteiger partial charge on any atom is 0.282 e. The summed E-state index contributed by atoms with van der Waals surface area (Å²) < 4.78 is 14.3. The number of ether oxygens (including phenoxy) is 2. The van der Waals surface area contributed by atoms with Crippen LogP contribution in [0.4, 0.5) is 0 Å². The van der Waals surface area contributed by atoms with Crippen LogP contribution in [-0.4, -0.2) is 31.7 Å². The van der Waals surface area contributed by atoms with Crippen molar-refractivity contribution >= 4 is 34.2 Å². The minimum atomic E-state index is -0.297. The van der Waals surface area contributed by atoms with E-state index in [1.807, 2.05) is 97.1 Å². The Kier molecular flexibility index (Phi) is 8.60. The average Bonchev–Trinajstić information content (AvgIpc) is 3.14. The van der Waals surface area contributed by atoms with E-state index >= 15 is 0 Å². The van der Waals surface area contributed by atoms with Crippen molar-refractivity contribution < 1.29 is 9.47 Å². The summed E-state index contributed by atoms with van der Waals surface area (Å²) >= 11 is 0. The fraction of sp³-hybridized carbons (Fsp3) is 0.0526. The minimum Gasteiger partial charge on any atom is -0.486 e. The van der Waals surface area contributed by atoms with Crippen LogP contribution in [0.1, 0.15) is 22.8 Å². The molecule has 48 heavy (non-hydrogen) atoms. The zero-order chi connectivity index (χ0) is 32.7. The molecule has 10 nitrogen and oxygen atoms in total. The van der Waals surface area contributed by atoms with Crippen molar-refractivity contribution in [3.63, 3.8) is 0 Å². The predicted molar refractivity (Wildman–Crippen MR) is 186 cm³/mol. The van der Waals surface area contributed by atoms with Crippen LogP contribution >= 0.6 is 0 Å². The Morgan fingerprint density at radius 2 is 0.875 bits per heavy atom. The van der Waals surface area contributed by atoms with Gasteiger partial charge in [0.25, 0.3) is 11.1 Å². The van der Waals surface area contributed by atoms with Crippen molar-refractivity contribution in [3.8, 4) is 11.5 Å². The highest BCUT2D eigenvalue weighted by Gasteiger charge is 2.13. The minimum absolute atomic E-state index is 0.0538. The molecular weight excluding hydrogens is 604 g/mol. The van der Waals surface area contributed by atoms with Gasteiger partial charge in [-0.05, 0) is 59.7 Å². The Balaban J connectivity index is 1.14. The first-order chi connectivity index (χ1) is 23.6. The van der Waals surface area contributed by atoms with Crippen LogP contribution in [0.25, 0.3) is 21.8 Å². The van der Waals surface area contributed by atoms with Crippen molar-refractivity contribution in [3.05, 3.63) is 177 Å². The molecule has 0 bridgehead atoms. The fourth-order valence-corrected chi connectivity index (χ4v) is 5.01. The van der Waals surface area contributed by atoms with E-state index < -0.39 is 0 Å². The highest BCUT2D eigenvalue weighted by Crippen LogP contribution is 2.15. The molecule has 2 aromatic heterocycles. The summed E-state index contributed by atoms with van der Waals surface area (Å²) in [6.45, 7) is 0.108. The number of fused-ring (bicyclic) bond motifs is 2. The number of nitrogens with zero attached hydrogens (tertiary/aromatic N) is 6. The van der Waals surface area contributed by atoms with Gasteiger partial charge in [0.15, 0.2) is 11.6 Å². The molecule has 0 N–H and O–H groups in total. The second kappa shape index (κ2) is 13.8. The van der Waals surface area contributed by atoms with Crippen LogP contribution in [0.15, 0.2) is 153 Å². The second-order valence-electron chi connectivity index (χ2n) is 10.7. The quantitative estimate of drug-likeness (QED) is 0.170. The smallest absolute Gasteiger partial charge is 0.282 e. The van der Waals surface area contributed by atoms with Gasteiger partial charge in [0.2, 0.25) is 0 Å². The predicted octanol–water partition coefficient (Wildman–Crippen LogP) is 6.03. The summed E-state index contributed by atoms with van der Waals surface area (Å²) in [5, 5.41) is 9.90. The highest BCUT2D eigenvalue weighted by molar-refractivity contribution is 5.84. The van der Waals surface area contributed by atoms with Gasteiger partial charge in [-0.2, -0.15) is 19.6 Å². The normalized spacial score (nSPS) is 11.5. The first-order valence-electron chi connectivity index (χ1n) is 15.2. The Morgan fingerprint density at radius 1 is 0.500 bits per heavy atom. The molecule has 0 aliphatic carbocycles. The number of para-hydroxylation sites is 4. The third-order valence-electron chi connectivity index (χ3n) is 7.44. The van der Waals surface area contributed by atoms with Crippen LogP contribution in [0.2, 0.25) is 0 Å². The maximum absolute atomic E-state index is 13.4. The third kappa shape index (κ3) is 6.63. The van der Waals surface area contributed by atoms with Crippen molar-refractivity contribution in [1.82, 2.24) is 19.3 Å². The molecule has 5 aromatic carbocycles. The second-order valence-corrected chi connectivity index (χ2v) is 10.7. The molecule has 0 fully saturated rings. The molecule has 0 aliphatic rings. The van der Waals surface area contributed by atoms with Crippen molar-refractivity contribution in [2.24, 2.45) is 10.2 Å². The van der Waals surface area contributed by atoms with Crippen molar-refractivity contribution in [2.75, 3.05) is 0 Å². The topological polar surface area (TPSA) is 113 Å². The number of rotatable bonds is 10. The molecule has 0 saturated heterocycles. The van der Waals surface area contributed by atoms with Crippen LogP contribution in [0.3, 0.4) is 0 Å². The zero-order valence-corrected chi connectivity index (χ0v) is 25.6. The summed E-state index contributed by atoms with van der Waals surface area (Å²) in [6.07, 6.45) is 3.17. The van der Waals surface area contributed by atoms with Crippen LogP contribution in [-0.2, 0) is 13.2 Å². The largest absolute Gasteiger partial charge is 0.486 e. The summed E-state index contributed by atoms with van der Waals surface area (Å²) in [4.78, 5) is 36.1. The molecule has 0 saturated carbocycles. The first-order valence-corrected chi connectivity index (χ1v) is 15.2. The Hall–Kier alpha value is -6.68. The van der Waals surface area contributed by atoms with E-state index in [1.54, 1.807) is 48.8 Å². The lowest BCUT2D eigenvalue weighted by molar-refractivity contribution is 0.289. The maximum atomic E-state index is 13.4. The Bertz CT molecular complexity index is 2220. The van der Waals surface area contributed by atoms with E-state index in [-0.39, 0.29) is 24.3 Å². The Morgan fingerprint density at radius 3 is 1.29 bits per heavy atom. The Labute approximate surface area is 274 Å². The van der Waals surface area contributed by atoms with Gasteiger partial charge in [0, 0.05) is 0 Å². The SMILES string of the molecule is O=c1c2ccccc2nc(COc2ccccc2)n1/N=C\c1ccc(/C=N\n2c(COc3ccccc3)nc3ccccc3c2=O)cc1. The molecule has 2 heterocycles. The molecule has 0 radical (unpaired) electrons. The van der Waals surface area contributed by atoms with E-state index in [0.717, 1.165) is 11.1 Å². The first kappa shape index (κ1) is 30.0. The molecule has 234 valence electrons. The molecule has 0 atom stereocenters. The molecule has 0 unspecified atom stereocenters. The van der Waals surface area contributed by atoms with E-state index in [4.69, 9.17) is 9.47 Å². The van der Waals surface area contributed by atoms with E-state index in [2.05, 4.69) is 20.2 Å². The number of hydrogen-bond donors (Lipinski definition) is 0. The van der Waals surface area contributed by atoms with Gasteiger partial charge in [-0.25, -0.2) is 9.97 Å². The molecule has 0 aliphatic heterocycles. The van der Waals surface area contributed by atoms with Gasteiger partial charge in [-0.15, -0.1) is 0 Å². The molecular formula is C38H28N6O4. The van der Waals surface area contributed by atoms with Crippen LogP contribution in [0, 0.1) is 0 Å². The summed E-state index contributed by atoms with van der Waals surface area (Å²) in [5.41, 5.74) is 2.02. The lowest BCUT2D eigenvalue weighted by Crippen LogP contribution is -2.23. The van der Waals surface area contributed by atoms with E-state index in [0.29, 0.717) is 45.0 Å². The number of benzene rings is 5. The fourth-order valence-electron chi connectivity index (χ4n) is 5.01. The zero-order valence-electron chi connectivity index (χ0n) is 25.6. The highest BCUT2D eigenvalue weighted by atomic mass is 16.5. The summed E-state index contributed by atoms with van der Waals surface area (Å²) in [5.74, 6) is 2.05. The number of hydrogen-bond acceptors (Lipinski definition) is 8. The molecule has 10 heteroatoms. The lowest BCUT2D eigenvalue weighted by Gasteiger charge is -2.11. The van der Waals surface area contributed by atoms with Gasteiger partial charge in [-0.3, -0.25) is 9.59 Å². The molecule has 7 aromatic rings. The lowest BCUT2D eigenvalue weighted by atomic mass is 10.2. The van der Waals surface area contributed by atoms with Crippen molar-refractivity contribution in [1.29, 1.82) is 0 Å². The monoisotopic (exact) mass is 632 g/mol. The van der Waals surface area contributed by atoms with Crippen LogP contribution < -0.4 is 20.6 Å².